The molecule has 1 aromatic heterocycles. The number of thiazole rings is 1. The fourth-order valence-corrected chi connectivity index (χ4v) is 3.04. The summed E-state index contributed by atoms with van der Waals surface area (Å²) in [4.78, 5) is 16.6. The zero-order valence-corrected chi connectivity index (χ0v) is 13.3. The molecule has 1 saturated heterocycles. The summed E-state index contributed by atoms with van der Waals surface area (Å²) in [5, 5.41) is 8.24. The molecule has 1 unspecified atom stereocenters. The Morgan fingerprint density at radius 2 is 2.32 bits per heavy atom. The van der Waals surface area contributed by atoms with Crippen LogP contribution in [0.25, 0.3) is 0 Å². The van der Waals surface area contributed by atoms with Gasteiger partial charge in [0.05, 0.1) is 16.6 Å². The molecule has 1 atom stereocenters. The molecule has 1 amide bonds. The number of aryl methyl sites for hydroxylation is 1. The van der Waals surface area contributed by atoms with Crippen molar-refractivity contribution in [1.82, 2.24) is 10.3 Å². The summed E-state index contributed by atoms with van der Waals surface area (Å²) >= 11 is 1.58. The van der Waals surface area contributed by atoms with Gasteiger partial charge in [-0.2, -0.15) is 0 Å². The first kappa shape index (κ1) is 16.4. The van der Waals surface area contributed by atoms with E-state index < -0.39 is 0 Å². The molecule has 1 aliphatic heterocycles. The van der Waals surface area contributed by atoms with Crippen molar-refractivity contribution < 1.29 is 4.79 Å². The number of nitrogens with one attached hydrogen (secondary N) is 2. The van der Waals surface area contributed by atoms with Crippen molar-refractivity contribution in [1.29, 1.82) is 0 Å². The highest BCUT2D eigenvalue weighted by atomic mass is 35.5. The number of hydrogen-bond donors (Lipinski definition) is 2. The maximum atomic E-state index is 12.1. The number of aromatic nitrogens is 1. The second kappa shape index (κ2) is 7.22. The van der Waals surface area contributed by atoms with Gasteiger partial charge < -0.3 is 10.6 Å². The van der Waals surface area contributed by atoms with E-state index in [0.29, 0.717) is 5.92 Å². The third kappa shape index (κ3) is 4.44. The average Bonchev–Trinajstić information content (AvgIpc) is 2.88. The molecule has 6 heteroatoms. The Balaban J connectivity index is 0.00000180. The smallest absolute Gasteiger partial charge is 0.229 e. The molecule has 2 rings (SSSR count). The Morgan fingerprint density at radius 1 is 1.58 bits per heavy atom. The van der Waals surface area contributed by atoms with Crippen LogP contribution in [0.5, 0.6) is 0 Å². The first-order valence-corrected chi connectivity index (χ1v) is 7.35. The molecule has 1 aliphatic rings. The molecule has 0 spiro atoms. The van der Waals surface area contributed by atoms with Crippen LogP contribution in [0, 0.1) is 18.8 Å². The van der Waals surface area contributed by atoms with Gasteiger partial charge in [-0.05, 0) is 32.2 Å². The Labute approximate surface area is 124 Å². The van der Waals surface area contributed by atoms with E-state index in [0.717, 1.165) is 41.6 Å². The highest BCUT2D eigenvalue weighted by Gasteiger charge is 2.24. The molecule has 0 radical (unpaired) electrons. The topological polar surface area (TPSA) is 54.0 Å². The van der Waals surface area contributed by atoms with Crippen LogP contribution in [0.3, 0.4) is 0 Å². The predicted molar refractivity (Wildman–Crippen MR) is 82.2 cm³/mol. The van der Waals surface area contributed by atoms with Gasteiger partial charge in [-0.1, -0.05) is 13.8 Å². The summed E-state index contributed by atoms with van der Waals surface area (Å²) in [5.74, 6) is 0.795. The van der Waals surface area contributed by atoms with Crippen molar-refractivity contribution in [2.45, 2.75) is 33.6 Å². The summed E-state index contributed by atoms with van der Waals surface area (Å²) in [6.07, 6.45) is 1.85. The minimum Gasteiger partial charge on any atom is -0.316 e. The highest BCUT2D eigenvalue weighted by Crippen LogP contribution is 2.27. The predicted octanol–water partition coefficient (Wildman–Crippen LogP) is 2.62. The number of rotatable bonds is 4. The zero-order chi connectivity index (χ0) is 13.1. The molecule has 0 bridgehead atoms. The molecule has 0 saturated carbocycles. The molecule has 19 heavy (non-hydrogen) atoms. The Hall–Kier alpha value is -0.650. The summed E-state index contributed by atoms with van der Waals surface area (Å²) in [7, 11) is 0. The van der Waals surface area contributed by atoms with Gasteiger partial charge >= 0.3 is 0 Å². The van der Waals surface area contributed by atoms with Crippen LogP contribution in [-0.4, -0.2) is 24.0 Å². The van der Waals surface area contributed by atoms with Gasteiger partial charge in [0.1, 0.15) is 5.00 Å². The largest absolute Gasteiger partial charge is 0.316 e. The fourth-order valence-electron chi connectivity index (χ4n) is 2.19. The van der Waals surface area contributed by atoms with Crippen LogP contribution in [0.15, 0.2) is 0 Å². The van der Waals surface area contributed by atoms with Crippen molar-refractivity contribution >= 4 is 34.7 Å². The molecule has 1 fully saturated rings. The van der Waals surface area contributed by atoms with Gasteiger partial charge in [0.2, 0.25) is 5.91 Å². The van der Waals surface area contributed by atoms with Gasteiger partial charge in [0.25, 0.3) is 0 Å². The van der Waals surface area contributed by atoms with Crippen LogP contribution in [0.1, 0.15) is 31.0 Å². The van der Waals surface area contributed by atoms with Gasteiger partial charge in [0.15, 0.2) is 0 Å². The lowest BCUT2D eigenvalue weighted by molar-refractivity contribution is -0.119. The van der Waals surface area contributed by atoms with Crippen molar-refractivity contribution in [3.8, 4) is 0 Å². The van der Waals surface area contributed by atoms with Gasteiger partial charge in [0, 0.05) is 6.54 Å². The number of hydrogen-bond acceptors (Lipinski definition) is 4. The normalized spacial score (nSPS) is 18.4. The van der Waals surface area contributed by atoms with Crippen molar-refractivity contribution in [3.05, 3.63) is 10.7 Å². The Kier molecular flexibility index (Phi) is 6.23. The maximum absolute atomic E-state index is 12.1. The number of anilines is 1. The first-order valence-electron chi connectivity index (χ1n) is 6.54. The zero-order valence-electron chi connectivity index (χ0n) is 11.7. The first-order chi connectivity index (χ1) is 8.56. The highest BCUT2D eigenvalue weighted by molar-refractivity contribution is 7.16. The molecule has 1 aromatic rings. The monoisotopic (exact) mass is 303 g/mol. The van der Waals surface area contributed by atoms with Crippen molar-refractivity contribution in [2.24, 2.45) is 11.8 Å². The van der Waals surface area contributed by atoms with Gasteiger partial charge in [-0.15, -0.1) is 23.7 Å². The van der Waals surface area contributed by atoms with E-state index >= 15 is 0 Å². The number of amides is 1. The number of carbonyl (C=O) groups excluding carboxylic acids is 1. The van der Waals surface area contributed by atoms with E-state index in [-0.39, 0.29) is 24.2 Å². The minimum atomic E-state index is 0. The minimum absolute atomic E-state index is 0. The second-order valence-corrected chi connectivity index (χ2v) is 6.49. The second-order valence-electron chi connectivity index (χ2n) is 5.29. The molecular formula is C13H22ClN3OS. The summed E-state index contributed by atoms with van der Waals surface area (Å²) in [6.45, 7) is 8.06. The third-order valence-corrected chi connectivity index (χ3v) is 4.00. The van der Waals surface area contributed by atoms with Gasteiger partial charge in [-0.3, -0.25) is 4.79 Å². The van der Waals surface area contributed by atoms with E-state index in [1.54, 1.807) is 11.3 Å². The van der Waals surface area contributed by atoms with E-state index in [2.05, 4.69) is 29.5 Å². The van der Waals surface area contributed by atoms with Gasteiger partial charge in [-0.25, -0.2) is 4.98 Å². The molecule has 0 aliphatic carbocycles. The SMILES string of the molecule is Cc1nc(CC(C)C)c(NC(=O)C2CCNC2)s1.Cl. The van der Waals surface area contributed by atoms with Crippen LogP contribution >= 0.6 is 23.7 Å². The van der Waals surface area contributed by atoms with Crippen LogP contribution in [0.2, 0.25) is 0 Å². The number of carbonyl (C=O) groups is 1. The number of halogens is 1. The lowest BCUT2D eigenvalue weighted by Crippen LogP contribution is -2.24. The molecular weight excluding hydrogens is 282 g/mol. The number of nitrogens with zero attached hydrogens (tertiary/aromatic N) is 1. The van der Waals surface area contributed by atoms with Crippen molar-refractivity contribution in [3.63, 3.8) is 0 Å². The molecule has 2 N–H and O–H groups in total. The van der Waals surface area contributed by atoms with E-state index in [9.17, 15) is 4.79 Å². The lowest BCUT2D eigenvalue weighted by atomic mass is 10.1. The quantitative estimate of drug-likeness (QED) is 0.899. The summed E-state index contributed by atoms with van der Waals surface area (Å²) in [5.41, 5.74) is 1.03. The van der Waals surface area contributed by atoms with Crippen LogP contribution in [0.4, 0.5) is 5.00 Å². The summed E-state index contributed by atoms with van der Waals surface area (Å²) < 4.78 is 0. The maximum Gasteiger partial charge on any atom is 0.229 e. The van der Waals surface area contributed by atoms with E-state index in [1.165, 1.54) is 0 Å². The molecule has 108 valence electrons. The van der Waals surface area contributed by atoms with Crippen molar-refractivity contribution in [2.75, 3.05) is 18.4 Å². The van der Waals surface area contributed by atoms with Crippen LogP contribution < -0.4 is 10.6 Å². The fraction of sp³-hybridized carbons (Fsp3) is 0.692. The molecule has 2 heterocycles. The third-order valence-electron chi connectivity index (χ3n) is 3.07. The van der Waals surface area contributed by atoms with E-state index in [1.807, 2.05) is 6.92 Å². The summed E-state index contributed by atoms with van der Waals surface area (Å²) in [6, 6.07) is 0. The Bertz CT molecular complexity index is 428. The standard InChI is InChI=1S/C13H21N3OS.ClH/c1-8(2)6-11-13(18-9(3)15-11)16-12(17)10-4-5-14-7-10;/h8,10,14H,4-7H2,1-3H3,(H,16,17);1H. The average molecular weight is 304 g/mol. The molecule has 4 nitrogen and oxygen atoms in total. The van der Waals surface area contributed by atoms with E-state index in [4.69, 9.17) is 0 Å². The Morgan fingerprint density at radius 3 is 2.89 bits per heavy atom. The molecule has 0 aromatic carbocycles. The van der Waals surface area contributed by atoms with Crippen LogP contribution in [-0.2, 0) is 11.2 Å². The lowest BCUT2D eigenvalue weighted by Gasteiger charge is -2.10.